The van der Waals surface area contributed by atoms with Gasteiger partial charge in [0.05, 0.1) is 11.9 Å². The van der Waals surface area contributed by atoms with Gasteiger partial charge in [0, 0.05) is 18.2 Å². The van der Waals surface area contributed by atoms with Gasteiger partial charge in [-0.15, -0.1) is 0 Å². The molecule has 0 saturated heterocycles. The predicted octanol–water partition coefficient (Wildman–Crippen LogP) is 0.916. The molecule has 1 aliphatic rings. The Labute approximate surface area is 88.3 Å². The number of fused-ring (bicyclic) bond motifs is 1. The highest BCUT2D eigenvalue weighted by molar-refractivity contribution is 7.90. The Morgan fingerprint density at radius 2 is 2.13 bits per heavy atom. The number of sulfonamides is 1. The Hall–Kier alpha value is -1.30. The van der Waals surface area contributed by atoms with Gasteiger partial charge in [-0.3, -0.25) is 0 Å². The molecule has 1 aliphatic heterocycles. The second kappa shape index (κ2) is 3.37. The van der Waals surface area contributed by atoms with Gasteiger partial charge in [-0.05, 0) is 5.92 Å². The second-order valence-electron chi connectivity index (χ2n) is 3.71. The van der Waals surface area contributed by atoms with Crippen LogP contribution < -0.4 is 0 Å². The maximum absolute atomic E-state index is 11.7. The molecule has 0 bridgehead atoms. The molecule has 0 aromatic carbocycles. The monoisotopic (exact) mass is 225 g/mol. The summed E-state index contributed by atoms with van der Waals surface area (Å²) in [7, 11) is -3.55. The van der Waals surface area contributed by atoms with Crippen LogP contribution in [0.2, 0.25) is 0 Å². The SMILES string of the molecule is CC(C)c1nncc2c1S(=O)(=O)N=CC2. The van der Waals surface area contributed by atoms with Crippen LogP contribution in [0.25, 0.3) is 0 Å². The van der Waals surface area contributed by atoms with E-state index in [0.717, 1.165) is 0 Å². The summed E-state index contributed by atoms with van der Waals surface area (Å²) in [6, 6.07) is 0. The molecule has 0 fully saturated rings. The van der Waals surface area contributed by atoms with E-state index in [0.29, 0.717) is 17.7 Å². The Morgan fingerprint density at radius 1 is 1.40 bits per heavy atom. The molecular formula is C9H11N3O2S. The van der Waals surface area contributed by atoms with Crippen LogP contribution in [0.15, 0.2) is 15.5 Å². The van der Waals surface area contributed by atoms with Gasteiger partial charge in [0.2, 0.25) is 0 Å². The fourth-order valence-corrected chi connectivity index (χ4v) is 2.92. The summed E-state index contributed by atoms with van der Waals surface area (Å²) in [5.41, 5.74) is 1.19. The molecule has 0 saturated carbocycles. The summed E-state index contributed by atoms with van der Waals surface area (Å²) in [5.74, 6) is 0.0236. The minimum Gasteiger partial charge on any atom is -0.199 e. The topological polar surface area (TPSA) is 72.3 Å². The molecule has 0 radical (unpaired) electrons. The third kappa shape index (κ3) is 1.65. The number of nitrogens with zero attached hydrogens (tertiary/aromatic N) is 3. The average Bonchev–Trinajstić information content (AvgIpc) is 2.16. The van der Waals surface area contributed by atoms with E-state index in [4.69, 9.17) is 0 Å². The molecule has 6 heteroatoms. The molecule has 80 valence electrons. The van der Waals surface area contributed by atoms with Crippen LogP contribution in [-0.2, 0) is 16.4 Å². The first-order valence-electron chi connectivity index (χ1n) is 4.65. The molecule has 15 heavy (non-hydrogen) atoms. The van der Waals surface area contributed by atoms with E-state index < -0.39 is 10.0 Å². The second-order valence-corrected chi connectivity index (χ2v) is 5.28. The van der Waals surface area contributed by atoms with Gasteiger partial charge < -0.3 is 0 Å². The van der Waals surface area contributed by atoms with Gasteiger partial charge >= 0.3 is 0 Å². The minimum absolute atomic E-state index is 0.0236. The zero-order valence-corrected chi connectivity index (χ0v) is 9.32. The van der Waals surface area contributed by atoms with E-state index >= 15 is 0 Å². The fourth-order valence-electron chi connectivity index (χ4n) is 1.54. The van der Waals surface area contributed by atoms with Crippen molar-refractivity contribution in [3.05, 3.63) is 17.5 Å². The molecule has 0 atom stereocenters. The number of rotatable bonds is 1. The lowest BCUT2D eigenvalue weighted by Gasteiger charge is -2.14. The molecule has 1 aromatic heterocycles. The van der Waals surface area contributed by atoms with Crippen LogP contribution in [0.4, 0.5) is 0 Å². The van der Waals surface area contributed by atoms with E-state index in [9.17, 15) is 8.42 Å². The van der Waals surface area contributed by atoms with Crippen LogP contribution in [-0.4, -0.2) is 24.8 Å². The first-order valence-corrected chi connectivity index (χ1v) is 6.09. The molecule has 2 rings (SSSR count). The molecular weight excluding hydrogens is 214 g/mol. The lowest BCUT2D eigenvalue weighted by Crippen LogP contribution is -2.15. The summed E-state index contributed by atoms with van der Waals surface area (Å²) < 4.78 is 27.0. The molecule has 1 aromatic rings. The van der Waals surface area contributed by atoms with Gasteiger partial charge in [0.1, 0.15) is 4.90 Å². The van der Waals surface area contributed by atoms with Crippen molar-refractivity contribution < 1.29 is 8.42 Å². The van der Waals surface area contributed by atoms with Crippen molar-refractivity contribution >= 4 is 16.2 Å². The van der Waals surface area contributed by atoms with Crippen molar-refractivity contribution in [1.29, 1.82) is 0 Å². The maximum atomic E-state index is 11.7. The van der Waals surface area contributed by atoms with E-state index in [1.165, 1.54) is 12.4 Å². The Morgan fingerprint density at radius 3 is 2.80 bits per heavy atom. The summed E-state index contributed by atoms with van der Waals surface area (Å²) in [4.78, 5) is 0.245. The molecule has 0 N–H and O–H groups in total. The normalized spacial score (nSPS) is 17.8. The summed E-state index contributed by atoms with van der Waals surface area (Å²) in [6.45, 7) is 3.77. The minimum atomic E-state index is -3.55. The molecule has 0 amide bonds. The van der Waals surface area contributed by atoms with Gasteiger partial charge in [-0.1, -0.05) is 13.8 Å². The zero-order valence-electron chi connectivity index (χ0n) is 8.51. The van der Waals surface area contributed by atoms with Crippen molar-refractivity contribution in [2.45, 2.75) is 31.1 Å². The van der Waals surface area contributed by atoms with Crippen LogP contribution in [0.1, 0.15) is 31.0 Å². The van der Waals surface area contributed by atoms with Crippen molar-refractivity contribution in [1.82, 2.24) is 10.2 Å². The molecule has 5 nitrogen and oxygen atoms in total. The Bertz CT molecular complexity index is 520. The maximum Gasteiger partial charge on any atom is 0.284 e. The van der Waals surface area contributed by atoms with Crippen LogP contribution >= 0.6 is 0 Å². The first kappa shape index (κ1) is 10.2. The standard InChI is InChI=1S/C9H11N3O2S/c1-6(2)8-9-7(5-10-12-8)3-4-11-15(9,13)14/h4-6H,3H2,1-2H3. The van der Waals surface area contributed by atoms with Gasteiger partial charge in [-0.25, -0.2) is 0 Å². The molecule has 0 aliphatic carbocycles. The lowest BCUT2D eigenvalue weighted by atomic mass is 10.1. The Balaban J connectivity index is 2.76. The highest BCUT2D eigenvalue weighted by Crippen LogP contribution is 2.27. The van der Waals surface area contributed by atoms with E-state index in [1.807, 2.05) is 13.8 Å². The molecule has 2 heterocycles. The summed E-state index contributed by atoms with van der Waals surface area (Å²) in [5, 5.41) is 7.69. The van der Waals surface area contributed by atoms with Gasteiger partial charge in [0.25, 0.3) is 10.0 Å². The predicted molar refractivity (Wildman–Crippen MR) is 55.5 cm³/mol. The van der Waals surface area contributed by atoms with Crippen molar-refractivity contribution in [3.63, 3.8) is 0 Å². The largest absolute Gasteiger partial charge is 0.284 e. The van der Waals surface area contributed by atoms with Crippen LogP contribution in [0.5, 0.6) is 0 Å². The average molecular weight is 225 g/mol. The lowest BCUT2D eigenvalue weighted by molar-refractivity contribution is 0.590. The van der Waals surface area contributed by atoms with Gasteiger partial charge in [0.15, 0.2) is 0 Å². The van der Waals surface area contributed by atoms with Crippen LogP contribution in [0, 0.1) is 0 Å². The smallest absolute Gasteiger partial charge is 0.199 e. The highest BCUT2D eigenvalue weighted by Gasteiger charge is 2.27. The molecule has 0 unspecified atom stereocenters. The fraction of sp³-hybridized carbons (Fsp3) is 0.444. The van der Waals surface area contributed by atoms with Crippen molar-refractivity contribution in [2.24, 2.45) is 4.40 Å². The highest BCUT2D eigenvalue weighted by atomic mass is 32.2. The zero-order chi connectivity index (χ0) is 11.1. The number of hydrogen-bond acceptors (Lipinski definition) is 4. The van der Waals surface area contributed by atoms with Crippen molar-refractivity contribution in [2.75, 3.05) is 0 Å². The Kier molecular flexibility index (Phi) is 2.30. The van der Waals surface area contributed by atoms with E-state index in [1.54, 1.807) is 0 Å². The van der Waals surface area contributed by atoms with Gasteiger partial charge in [-0.2, -0.15) is 23.0 Å². The number of hydrogen-bond donors (Lipinski definition) is 0. The quantitative estimate of drug-likeness (QED) is 0.712. The van der Waals surface area contributed by atoms with Crippen molar-refractivity contribution in [3.8, 4) is 0 Å². The molecule has 0 spiro atoms. The third-order valence-electron chi connectivity index (χ3n) is 2.23. The third-order valence-corrected chi connectivity index (χ3v) is 3.65. The van der Waals surface area contributed by atoms with E-state index in [2.05, 4.69) is 14.6 Å². The summed E-state index contributed by atoms with van der Waals surface area (Å²) in [6.07, 6.45) is 3.39. The van der Waals surface area contributed by atoms with E-state index in [-0.39, 0.29) is 10.8 Å². The summed E-state index contributed by atoms with van der Waals surface area (Å²) >= 11 is 0. The van der Waals surface area contributed by atoms with Crippen LogP contribution in [0.3, 0.4) is 0 Å². The first-order chi connectivity index (χ1) is 7.02. The number of aromatic nitrogens is 2.